The third-order valence-corrected chi connectivity index (χ3v) is 3.63. The highest BCUT2D eigenvalue weighted by molar-refractivity contribution is 6.31. The largest absolute Gasteiger partial charge is 0.317 e. The molecular weight excluding hydrogens is 294 g/mol. The number of hydrogen-bond acceptors (Lipinski definition) is 4. The van der Waals surface area contributed by atoms with Gasteiger partial charge in [0.25, 0.3) is 11.6 Å². The first-order valence-electron chi connectivity index (χ1n) is 6.47. The van der Waals surface area contributed by atoms with Crippen LogP contribution in [0.2, 0.25) is 5.02 Å². The van der Waals surface area contributed by atoms with Crippen LogP contribution in [-0.2, 0) is 0 Å². The number of benzene rings is 1. The van der Waals surface area contributed by atoms with Crippen molar-refractivity contribution >= 4 is 23.2 Å². The second kappa shape index (κ2) is 5.34. The van der Waals surface area contributed by atoms with Crippen molar-refractivity contribution in [3.05, 3.63) is 38.9 Å². The van der Waals surface area contributed by atoms with Gasteiger partial charge < -0.3 is 4.90 Å². The van der Waals surface area contributed by atoms with Crippen LogP contribution in [-0.4, -0.2) is 27.3 Å². The molecule has 0 aromatic heterocycles. The molecule has 0 saturated heterocycles. The SMILES string of the molecule is CC(C)(C#N)N(C(=O)c1cc(Cl)ccc1[N+](=O)[O-])C1CC1. The Morgan fingerprint density at radius 3 is 2.62 bits per heavy atom. The summed E-state index contributed by atoms with van der Waals surface area (Å²) in [6, 6.07) is 5.89. The van der Waals surface area contributed by atoms with Crippen LogP contribution in [0.5, 0.6) is 0 Å². The number of hydrogen-bond donors (Lipinski definition) is 0. The molecule has 0 bridgehead atoms. The first kappa shape index (κ1) is 15.3. The Balaban J connectivity index is 2.50. The van der Waals surface area contributed by atoms with Gasteiger partial charge in [-0.25, -0.2) is 0 Å². The van der Waals surface area contributed by atoms with Gasteiger partial charge in [0, 0.05) is 17.1 Å². The summed E-state index contributed by atoms with van der Waals surface area (Å²) in [6.07, 6.45) is 1.59. The molecule has 0 atom stereocenters. The number of nitrogens with zero attached hydrogens (tertiary/aromatic N) is 3. The average molecular weight is 308 g/mol. The van der Waals surface area contributed by atoms with E-state index in [4.69, 9.17) is 11.6 Å². The molecule has 0 spiro atoms. The second-order valence-electron chi connectivity index (χ2n) is 5.50. The van der Waals surface area contributed by atoms with Crippen molar-refractivity contribution in [2.75, 3.05) is 0 Å². The molecule has 21 heavy (non-hydrogen) atoms. The molecule has 1 saturated carbocycles. The third kappa shape index (κ3) is 2.98. The number of nitro benzene ring substituents is 1. The van der Waals surface area contributed by atoms with E-state index in [0.717, 1.165) is 12.8 Å². The first-order chi connectivity index (χ1) is 9.77. The Labute approximate surface area is 127 Å². The highest BCUT2D eigenvalue weighted by atomic mass is 35.5. The summed E-state index contributed by atoms with van der Waals surface area (Å²) >= 11 is 5.86. The lowest BCUT2D eigenvalue weighted by atomic mass is 10.0. The fourth-order valence-electron chi connectivity index (χ4n) is 2.23. The predicted molar refractivity (Wildman–Crippen MR) is 77.0 cm³/mol. The van der Waals surface area contributed by atoms with Crippen molar-refractivity contribution in [3.63, 3.8) is 0 Å². The number of carbonyl (C=O) groups is 1. The van der Waals surface area contributed by atoms with Gasteiger partial charge in [-0.2, -0.15) is 5.26 Å². The lowest BCUT2D eigenvalue weighted by Crippen LogP contribution is -2.48. The molecule has 1 aromatic rings. The number of nitriles is 1. The normalized spacial score (nSPS) is 14.4. The summed E-state index contributed by atoms with van der Waals surface area (Å²) in [5, 5.41) is 20.6. The Morgan fingerprint density at radius 2 is 2.14 bits per heavy atom. The summed E-state index contributed by atoms with van der Waals surface area (Å²) in [6.45, 7) is 3.25. The van der Waals surface area contributed by atoms with Crippen LogP contribution in [0.25, 0.3) is 0 Å². The average Bonchev–Trinajstić information content (AvgIpc) is 3.22. The molecular formula is C14H14ClN3O3. The van der Waals surface area contributed by atoms with Crippen molar-refractivity contribution in [2.24, 2.45) is 0 Å². The number of amides is 1. The van der Waals surface area contributed by atoms with Gasteiger partial charge in [0.2, 0.25) is 0 Å². The minimum Gasteiger partial charge on any atom is -0.317 e. The maximum Gasteiger partial charge on any atom is 0.282 e. The van der Waals surface area contributed by atoms with Crippen LogP contribution >= 0.6 is 11.6 Å². The van der Waals surface area contributed by atoms with Crippen LogP contribution in [0, 0.1) is 21.4 Å². The monoisotopic (exact) mass is 307 g/mol. The fraction of sp³-hybridized carbons (Fsp3) is 0.429. The van der Waals surface area contributed by atoms with E-state index in [-0.39, 0.29) is 22.3 Å². The molecule has 0 aliphatic heterocycles. The summed E-state index contributed by atoms with van der Waals surface area (Å²) in [4.78, 5) is 24.6. The quantitative estimate of drug-likeness (QED) is 0.631. The minimum absolute atomic E-state index is 0.0502. The standard InChI is InChI=1S/C14H14ClN3O3/c1-14(2,8-16)17(10-4-5-10)13(19)11-7-9(15)3-6-12(11)18(20)21/h3,6-7,10H,4-5H2,1-2H3. The van der Waals surface area contributed by atoms with Crippen LogP contribution in [0.1, 0.15) is 37.0 Å². The van der Waals surface area contributed by atoms with Gasteiger partial charge >= 0.3 is 0 Å². The van der Waals surface area contributed by atoms with Crippen LogP contribution < -0.4 is 0 Å². The van der Waals surface area contributed by atoms with E-state index in [9.17, 15) is 20.2 Å². The van der Waals surface area contributed by atoms with Crippen molar-refractivity contribution in [1.29, 1.82) is 5.26 Å². The van der Waals surface area contributed by atoms with E-state index in [0.29, 0.717) is 0 Å². The minimum atomic E-state index is -1.03. The molecule has 0 heterocycles. The first-order valence-corrected chi connectivity index (χ1v) is 6.84. The van der Waals surface area contributed by atoms with Crippen molar-refractivity contribution in [1.82, 2.24) is 4.90 Å². The van der Waals surface area contributed by atoms with Crippen LogP contribution in [0.3, 0.4) is 0 Å². The summed E-state index contributed by atoms with van der Waals surface area (Å²) in [7, 11) is 0. The molecule has 6 nitrogen and oxygen atoms in total. The second-order valence-corrected chi connectivity index (χ2v) is 5.93. The topological polar surface area (TPSA) is 87.2 Å². The molecule has 0 unspecified atom stereocenters. The van der Waals surface area contributed by atoms with E-state index in [1.165, 1.54) is 23.1 Å². The van der Waals surface area contributed by atoms with Gasteiger partial charge in [0.1, 0.15) is 11.1 Å². The molecule has 0 radical (unpaired) electrons. The van der Waals surface area contributed by atoms with Crippen LogP contribution in [0.4, 0.5) is 5.69 Å². The van der Waals surface area contributed by atoms with Crippen molar-refractivity contribution in [3.8, 4) is 6.07 Å². The zero-order valence-electron chi connectivity index (χ0n) is 11.7. The Kier molecular flexibility index (Phi) is 3.88. The lowest BCUT2D eigenvalue weighted by molar-refractivity contribution is -0.385. The van der Waals surface area contributed by atoms with Gasteiger partial charge in [-0.05, 0) is 38.8 Å². The zero-order valence-corrected chi connectivity index (χ0v) is 12.4. The summed E-state index contributed by atoms with van der Waals surface area (Å²) < 4.78 is 0. The third-order valence-electron chi connectivity index (χ3n) is 3.39. The predicted octanol–water partition coefficient (Wildman–Crippen LogP) is 3.15. The van der Waals surface area contributed by atoms with Gasteiger partial charge in [0.15, 0.2) is 0 Å². The molecule has 110 valence electrons. The van der Waals surface area contributed by atoms with E-state index >= 15 is 0 Å². The fourth-order valence-corrected chi connectivity index (χ4v) is 2.40. The van der Waals surface area contributed by atoms with Gasteiger partial charge in [-0.1, -0.05) is 11.6 Å². The zero-order chi connectivity index (χ0) is 15.8. The highest BCUT2D eigenvalue weighted by Gasteiger charge is 2.43. The molecule has 0 N–H and O–H groups in total. The number of halogens is 1. The van der Waals surface area contributed by atoms with Gasteiger partial charge in [-0.3, -0.25) is 14.9 Å². The van der Waals surface area contributed by atoms with Crippen LogP contribution in [0.15, 0.2) is 18.2 Å². The van der Waals surface area contributed by atoms with Crippen molar-refractivity contribution in [2.45, 2.75) is 38.3 Å². The molecule has 1 aliphatic rings. The molecule has 1 amide bonds. The molecule has 1 aliphatic carbocycles. The molecule has 1 fully saturated rings. The van der Waals surface area contributed by atoms with E-state index in [1.807, 2.05) is 0 Å². The number of nitro groups is 1. The number of rotatable bonds is 4. The lowest BCUT2D eigenvalue weighted by Gasteiger charge is -2.33. The molecule has 2 rings (SSSR count). The smallest absolute Gasteiger partial charge is 0.282 e. The summed E-state index contributed by atoms with van der Waals surface area (Å²) in [5.41, 5.74) is -1.42. The Morgan fingerprint density at radius 1 is 1.52 bits per heavy atom. The summed E-state index contributed by atoms with van der Waals surface area (Å²) in [5.74, 6) is -0.529. The molecule has 1 aromatic carbocycles. The van der Waals surface area contributed by atoms with Gasteiger partial charge in [-0.15, -0.1) is 0 Å². The molecule has 7 heteroatoms. The van der Waals surface area contributed by atoms with Crippen molar-refractivity contribution < 1.29 is 9.72 Å². The highest BCUT2D eigenvalue weighted by Crippen LogP contribution is 2.36. The van der Waals surface area contributed by atoms with Gasteiger partial charge in [0.05, 0.1) is 11.0 Å². The van der Waals surface area contributed by atoms with E-state index in [1.54, 1.807) is 13.8 Å². The Bertz CT molecular complexity index is 647. The van der Waals surface area contributed by atoms with E-state index < -0.39 is 16.4 Å². The maximum atomic E-state index is 12.7. The maximum absolute atomic E-state index is 12.7. The van der Waals surface area contributed by atoms with E-state index in [2.05, 4.69) is 6.07 Å². The Hall–Kier alpha value is -2.13. The number of carbonyl (C=O) groups excluding carboxylic acids is 1.